The van der Waals surface area contributed by atoms with Gasteiger partial charge in [0.25, 0.3) is 5.91 Å². The molecule has 3 aromatic carbocycles. The number of nitrogens with one attached hydrogen (secondary N) is 2. The van der Waals surface area contributed by atoms with Gasteiger partial charge in [-0.25, -0.2) is 17.9 Å². The number of carbonyl (C=O) groups is 2. The van der Waals surface area contributed by atoms with Crippen LogP contribution in [0.4, 0.5) is 5.69 Å². The quantitative estimate of drug-likeness (QED) is 0.491. The molecule has 1 amide bonds. The highest BCUT2D eigenvalue weighted by Crippen LogP contribution is 2.28. The minimum atomic E-state index is -3.71. The summed E-state index contributed by atoms with van der Waals surface area (Å²) < 4.78 is 32.7. The largest absolute Gasteiger partial charge is 0.449 e. The SMILES string of the molecule is CC(OC(=O)c1cccc(S(=O)(=O)NC2CC2)c1)C(=O)Nc1ccccc1-c1ccccc1. The maximum atomic E-state index is 12.7. The van der Waals surface area contributed by atoms with Crippen LogP contribution in [0.15, 0.2) is 83.8 Å². The average Bonchev–Trinajstić information content (AvgIpc) is 3.63. The van der Waals surface area contributed by atoms with Gasteiger partial charge in [0.1, 0.15) is 0 Å². The summed E-state index contributed by atoms with van der Waals surface area (Å²) in [6, 6.07) is 22.5. The smallest absolute Gasteiger partial charge is 0.338 e. The number of esters is 1. The maximum absolute atomic E-state index is 12.7. The summed E-state index contributed by atoms with van der Waals surface area (Å²) in [5.74, 6) is -1.27. The molecule has 1 fully saturated rings. The van der Waals surface area contributed by atoms with Crippen molar-refractivity contribution in [2.75, 3.05) is 5.32 Å². The molecule has 0 bridgehead atoms. The molecule has 0 heterocycles. The fourth-order valence-corrected chi connectivity index (χ4v) is 4.61. The predicted molar refractivity (Wildman–Crippen MR) is 125 cm³/mol. The molecule has 1 unspecified atom stereocenters. The van der Waals surface area contributed by atoms with Crippen LogP contribution in [0, 0.1) is 0 Å². The van der Waals surface area contributed by atoms with Gasteiger partial charge in [0.15, 0.2) is 6.10 Å². The summed E-state index contributed by atoms with van der Waals surface area (Å²) in [6.45, 7) is 1.47. The van der Waals surface area contributed by atoms with Gasteiger partial charge >= 0.3 is 5.97 Å². The highest BCUT2D eigenvalue weighted by molar-refractivity contribution is 7.89. The Morgan fingerprint density at radius 3 is 2.36 bits per heavy atom. The van der Waals surface area contributed by atoms with Crippen molar-refractivity contribution in [1.29, 1.82) is 0 Å². The number of amides is 1. The highest BCUT2D eigenvalue weighted by atomic mass is 32.2. The molecular formula is C25H24N2O5S. The average molecular weight is 465 g/mol. The van der Waals surface area contributed by atoms with E-state index in [1.165, 1.54) is 31.2 Å². The Kier molecular flexibility index (Phi) is 6.57. The third-order valence-electron chi connectivity index (χ3n) is 5.20. The molecule has 7 nitrogen and oxygen atoms in total. The normalized spacial score (nSPS) is 14.3. The first kappa shape index (κ1) is 22.7. The molecular weight excluding hydrogens is 440 g/mol. The van der Waals surface area contributed by atoms with E-state index in [1.807, 2.05) is 42.5 Å². The van der Waals surface area contributed by atoms with Crippen LogP contribution in [0.5, 0.6) is 0 Å². The van der Waals surface area contributed by atoms with E-state index in [0.29, 0.717) is 5.69 Å². The predicted octanol–water partition coefficient (Wildman–Crippen LogP) is 3.98. The Morgan fingerprint density at radius 2 is 1.64 bits per heavy atom. The highest BCUT2D eigenvalue weighted by Gasteiger charge is 2.28. The molecule has 1 atom stereocenters. The van der Waals surface area contributed by atoms with Gasteiger partial charge in [-0.05, 0) is 49.6 Å². The first-order valence-electron chi connectivity index (χ1n) is 10.6. The third-order valence-corrected chi connectivity index (χ3v) is 6.72. The molecule has 0 radical (unpaired) electrons. The van der Waals surface area contributed by atoms with Crippen molar-refractivity contribution in [3.8, 4) is 11.1 Å². The second-order valence-corrected chi connectivity index (χ2v) is 9.59. The number of sulfonamides is 1. The molecule has 3 aromatic rings. The summed E-state index contributed by atoms with van der Waals surface area (Å²) in [4.78, 5) is 25.3. The van der Waals surface area contributed by atoms with Crippen LogP contribution >= 0.6 is 0 Å². The number of rotatable bonds is 8. The van der Waals surface area contributed by atoms with Crippen LogP contribution in [0.1, 0.15) is 30.1 Å². The molecule has 0 aliphatic heterocycles. The van der Waals surface area contributed by atoms with Crippen molar-refractivity contribution in [2.24, 2.45) is 0 Å². The topological polar surface area (TPSA) is 102 Å². The van der Waals surface area contributed by atoms with E-state index in [0.717, 1.165) is 24.0 Å². The van der Waals surface area contributed by atoms with Gasteiger partial charge in [0, 0.05) is 17.3 Å². The van der Waals surface area contributed by atoms with Gasteiger partial charge in [0.05, 0.1) is 10.5 Å². The van der Waals surface area contributed by atoms with Crippen molar-refractivity contribution in [2.45, 2.75) is 36.8 Å². The molecule has 0 spiro atoms. The number of carbonyl (C=O) groups excluding carboxylic acids is 2. The van der Waals surface area contributed by atoms with Gasteiger partial charge in [-0.15, -0.1) is 0 Å². The van der Waals surface area contributed by atoms with Crippen molar-refractivity contribution in [3.05, 3.63) is 84.4 Å². The molecule has 1 aliphatic carbocycles. The molecule has 8 heteroatoms. The Bertz CT molecular complexity index is 1270. The lowest BCUT2D eigenvalue weighted by atomic mass is 10.0. The van der Waals surface area contributed by atoms with Crippen molar-refractivity contribution < 1.29 is 22.7 Å². The zero-order valence-electron chi connectivity index (χ0n) is 18.0. The second kappa shape index (κ2) is 9.56. The van der Waals surface area contributed by atoms with Gasteiger partial charge in [-0.1, -0.05) is 54.6 Å². The first-order valence-corrected chi connectivity index (χ1v) is 12.1. The number of anilines is 1. The monoisotopic (exact) mass is 464 g/mol. The fourth-order valence-electron chi connectivity index (χ4n) is 3.26. The maximum Gasteiger partial charge on any atom is 0.338 e. The van der Waals surface area contributed by atoms with Crippen molar-refractivity contribution in [3.63, 3.8) is 0 Å². The van der Waals surface area contributed by atoms with Gasteiger partial charge in [-0.2, -0.15) is 0 Å². The van der Waals surface area contributed by atoms with Crippen molar-refractivity contribution >= 4 is 27.6 Å². The minimum absolute atomic E-state index is 0.0160. The van der Waals surface area contributed by atoms with Crippen LogP contribution < -0.4 is 10.0 Å². The number of benzene rings is 3. The van der Waals surface area contributed by atoms with Crippen LogP contribution in [0.25, 0.3) is 11.1 Å². The van der Waals surface area contributed by atoms with Crippen molar-refractivity contribution in [1.82, 2.24) is 4.72 Å². The van der Waals surface area contributed by atoms with Gasteiger partial charge < -0.3 is 10.1 Å². The molecule has 2 N–H and O–H groups in total. The van der Waals surface area contributed by atoms with E-state index in [1.54, 1.807) is 12.1 Å². The molecule has 170 valence electrons. The molecule has 1 aliphatic rings. The summed E-state index contributed by atoms with van der Waals surface area (Å²) in [5.41, 5.74) is 2.43. The molecule has 1 saturated carbocycles. The Hall–Kier alpha value is -3.49. The number of hydrogen-bond acceptors (Lipinski definition) is 5. The number of hydrogen-bond donors (Lipinski definition) is 2. The standard InChI is InChI=1S/C25H24N2O5S/c1-17(24(28)26-23-13-6-5-12-22(23)18-8-3-2-4-9-18)32-25(29)19-10-7-11-21(16-19)33(30,31)27-20-14-15-20/h2-13,16-17,20,27H,14-15H2,1H3,(H,26,28). The Balaban J connectivity index is 1.44. The number of ether oxygens (including phenoxy) is 1. The summed E-state index contributed by atoms with van der Waals surface area (Å²) in [7, 11) is -3.71. The minimum Gasteiger partial charge on any atom is -0.449 e. The van der Waals surface area contributed by atoms with Crippen LogP contribution in [0.2, 0.25) is 0 Å². The van der Waals surface area contributed by atoms with E-state index >= 15 is 0 Å². The zero-order chi connectivity index (χ0) is 23.4. The lowest BCUT2D eigenvalue weighted by molar-refractivity contribution is -0.123. The Labute approximate surface area is 192 Å². The second-order valence-electron chi connectivity index (χ2n) is 7.87. The Morgan fingerprint density at radius 1 is 0.939 bits per heavy atom. The van der Waals surface area contributed by atoms with E-state index < -0.39 is 28.0 Å². The molecule has 0 aromatic heterocycles. The van der Waals surface area contributed by atoms with E-state index in [9.17, 15) is 18.0 Å². The number of para-hydroxylation sites is 1. The lowest BCUT2D eigenvalue weighted by Crippen LogP contribution is -2.30. The zero-order valence-corrected chi connectivity index (χ0v) is 18.8. The lowest BCUT2D eigenvalue weighted by Gasteiger charge is -2.16. The summed E-state index contributed by atoms with van der Waals surface area (Å²) in [6.07, 6.45) is 0.522. The molecule has 0 saturated heterocycles. The summed E-state index contributed by atoms with van der Waals surface area (Å²) in [5, 5.41) is 2.81. The summed E-state index contributed by atoms with van der Waals surface area (Å²) >= 11 is 0. The molecule has 33 heavy (non-hydrogen) atoms. The first-order chi connectivity index (χ1) is 15.8. The van der Waals surface area contributed by atoms with E-state index in [2.05, 4.69) is 10.0 Å². The van der Waals surface area contributed by atoms with Gasteiger partial charge in [0.2, 0.25) is 10.0 Å². The molecule has 4 rings (SSSR count). The van der Waals surface area contributed by atoms with E-state index in [-0.39, 0.29) is 16.5 Å². The third kappa shape index (κ3) is 5.66. The van der Waals surface area contributed by atoms with E-state index in [4.69, 9.17) is 4.74 Å². The van der Waals surface area contributed by atoms with Gasteiger partial charge in [-0.3, -0.25) is 4.79 Å². The van der Waals surface area contributed by atoms with Crippen LogP contribution in [-0.4, -0.2) is 32.4 Å². The van der Waals surface area contributed by atoms with Crippen LogP contribution in [-0.2, 0) is 19.6 Å². The van der Waals surface area contributed by atoms with Crippen LogP contribution in [0.3, 0.4) is 0 Å². The fraction of sp³-hybridized carbons (Fsp3) is 0.200.